The Labute approximate surface area is 176 Å². The molecule has 1 amide bonds. The second-order valence-electron chi connectivity index (χ2n) is 6.89. The third kappa shape index (κ3) is 5.18. The highest BCUT2D eigenvalue weighted by Crippen LogP contribution is 2.34. The molecule has 3 rings (SSSR count). The van der Waals surface area contributed by atoms with Gasteiger partial charge in [-0.2, -0.15) is 13.2 Å². The number of hydrogen-bond donors (Lipinski definition) is 1. The molecule has 1 heterocycles. The second kappa shape index (κ2) is 8.87. The summed E-state index contributed by atoms with van der Waals surface area (Å²) < 4.78 is 39.1. The minimum Gasteiger partial charge on any atom is -0.325 e. The molecule has 0 saturated carbocycles. The van der Waals surface area contributed by atoms with E-state index in [0.29, 0.717) is 5.03 Å². The van der Waals surface area contributed by atoms with E-state index in [2.05, 4.69) is 34.6 Å². The van der Waals surface area contributed by atoms with E-state index in [1.54, 1.807) is 6.07 Å². The zero-order valence-electron chi connectivity index (χ0n) is 16.7. The van der Waals surface area contributed by atoms with E-state index in [1.807, 2.05) is 19.9 Å². The molecule has 30 heavy (non-hydrogen) atoms. The summed E-state index contributed by atoms with van der Waals surface area (Å²) >= 11 is 1.11. The number of nitrogens with one attached hydrogen (secondary N) is 1. The number of rotatable bonds is 5. The van der Waals surface area contributed by atoms with Gasteiger partial charge in [0.2, 0.25) is 5.91 Å². The van der Waals surface area contributed by atoms with Gasteiger partial charge >= 0.3 is 6.18 Å². The van der Waals surface area contributed by atoms with E-state index in [1.165, 1.54) is 23.8 Å². The highest BCUT2D eigenvalue weighted by molar-refractivity contribution is 7.99. The fourth-order valence-corrected chi connectivity index (χ4v) is 3.56. The normalized spacial score (nSPS) is 11.4. The van der Waals surface area contributed by atoms with Gasteiger partial charge in [-0.25, -0.2) is 0 Å². The number of amides is 1. The third-order valence-electron chi connectivity index (χ3n) is 4.61. The summed E-state index contributed by atoms with van der Waals surface area (Å²) in [5.41, 5.74) is 4.03. The van der Waals surface area contributed by atoms with Crippen LogP contribution in [0.2, 0.25) is 0 Å². The minimum absolute atomic E-state index is 0.0805. The van der Waals surface area contributed by atoms with Crippen molar-refractivity contribution < 1.29 is 18.0 Å². The van der Waals surface area contributed by atoms with Crippen molar-refractivity contribution in [2.24, 2.45) is 0 Å². The summed E-state index contributed by atoms with van der Waals surface area (Å²) in [4.78, 5) is 12.1. The van der Waals surface area contributed by atoms with Crippen molar-refractivity contribution >= 4 is 23.4 Å². The largest absolute Gasteiger partial charge is 0.418 e. The molecular formula is C22H20F3N3OS. The summed E-state index contributed by atoms with van der Waals surface area (Å²) in [7, 11) is 0. The van der Waals surface area contributed by atoms with Crippen LogP contribution in [-0.4, -0.2) is 21.9 Å². The maximum atomic E-state index is 13.0. The smallest absolute Gasteiger partial charge is 0.325 e. The van der Waals surface area contributed by atoms with Gasteiger partial charge in [0, 0.05) is 5.56 Å². The topological polar surface area (TPSA) is 54.9 Å². The van der Waals surface area contributed by atoms with Crippen LogP contribution in [0.15, 0.2) is 53.6 Å². The molecule has 3 aromatic rings. The quantitative estimate of drug-likeness (QED) is 0.518. The van der Waals surface area contributed by atoms with Crippen molar-refractivity contribution in [3.8, 4) is 11.3 Å². The lowest BCUT2D eigenvalue weighted by Gasteiger charge is -2.13. The lowest BCUT2D eigenvalue weighted by molar-refractivity contribution is -0.137. The first-order valence-corrected chi connectivity index (χ1v) is 10.1. The first-order chi connectivity index (χ1) is 14.1. The molecule has 0 aliphatic carbocycles. The summed E-state index contributed by atoms with van der Waals surface area (Å²) in [6.45, 7) is 6.09. The van der Waals surface area contributed by atoms with Crippen LogP contribution in [0.1, 0.15) is 22.3 Å². The summed E-state index contributed by atoms with van der Waals surface area (Å²) in [6.07, 6.45) is -4.54. The number of nitrogens with zero attached hydrogens (tertiary/aromatic N) is 2. The van der Waals surface area contributed by atoms with E-state index in [9.17, 15) is 18.0 Å². The molecule has 0 unspecified atom stereocenters. The highest BCUT2D eigenvalue weighted by atomic mass is 32.2. The highest BCUT2D eigenvalue weighted by Gasteiger charge is 2.33. The van der Waals surface area contributed by atoms with Gasteiger partial charge in [-0.05, 0) is 67.8 Å². The molecule has 8 heteroatoms. The van der Waals surface area contributed by atoms with E-state index < -0.39 is 17.6 Å². The summed E-state index contributed by atoms with van der Waals surface area (Å²) in [5, 5.41) is 11.2. The third-order valence-corrected chi connectivity index (χ3v) is 5.53. The number of aryl methyl sites for hydroxylation is 3. The Morgan fingerprint density at radius 2 is 1.67 bits per heavy atom. The van der Waals surface area contributed by atoms with Gasteiger partial charge in [0.05, 0.1) is 22.7 Å². The zero-order valence-corrected chi connectivity index (χ0v) is 17.5. The molecule has 4 nitrogen and oxygen atoms in total. The number of carbonyl (C=O) groups excluding carboxylic acids is 1. The standard InChI is InChI=1S/C22H20F3N3OS/c1-13-10-15(3)16(11-14(13)2)18-8-9-21(28-27-18)30-12-20(29)26-19-7-5-4-6-17(19)22(23,24)25/h4-11H,12H2,1-3H3,(H,26,29). The molecule has 0 saturated heterocycles. The van der Waals surface area contributed by atoms with Crippen LogP contribution >= 0.6 is 11.8 Å². The van der Waals surface area contributed by atoms with Crippen molar-refractivity contribution in [1.29, 1.82) is 0 Å². The average molecular weight is 431 g/mol. The lowest BCUT2D eigenvalue weighted by Crippen LogP contribution is -2.18. The van der Waals surface area contributed by atoms with Gasteiger partial charge in [-0.15, -0.1) is 10.2 Å². The van der Waals surface area contributed by atoms with E-state index in [4.69, 9.17) is 0 Å². The predicted molar refractivity (Wildman–Crippen MR) is 112 cm³/mol. The number of para-hydroxylation sites is 1. The van der Waals surface area contributed by atoms with Crippen LogP contribution in [0.25, 0.3) is 11.3 Å². The predicted octanol–water partition coefficient (Wildman–Crippen LogP) is 5.82. The first kappa shape index (κ1) is 21.8. The Hall–Kier alpha value is -2.87. The molecule has 0 bridgehead atoms. The Bertz CT molecular complexity index is 1070. The number of aromatic nitrogens is 2. The molecule has 0 aliphatic heterocycles. The van der Waals surface area contributed by atoms with Gasteiger partial charge in [-0.3, -0.25) is 4.79 Å². The molecule has 0 fully saturated rings. The van der Waals surface area contributed by atoms with E-state index in [0.717, 1.165) is 40.2 Å². The number of halogens is 3. The minimum atomic E-state index is -4.54. The van der Waals surface area contributed by atoms with Gasteiger partial charge < -0.3 is 5.32 Å². The fourth-order valence-electron chi connectivity index (χ4n) is 2.94. The Balaban J connectivity index is 1.65. The molecule has 0 spiro atoms. The van der Waals surface area contributed by atoms with Gasteiger partial charge in [0.15, 0.2) is 0 Å². The van der Waals surface area contributed by atoms with Crippen LogP contribution in [-0.2, 0) is 11.0 Å². The number of carbonyl (C=O) groups is 1. The van der Waals surface area contributed by atoms with Crippen molar-refractivity contribution in [2.45, 2.75) is 32.0 Å². The molecule has 0 aliphatic rings. The molecule has 1 aromatic heterocycles. The molecule has 1 N–H and O–H groups in total. The van der Waals surface area contributed by atoms with Crippen LogP contribution in [0.4, 0.5) is 18.9 Å². The molecule has 0 radical (unpaired) electrons. The molecule has 156 valence electrons. The Morgan fingerprint density at radius 3 is 2.33 bits per heavy atom. The van der Waals surface area contributed by atoms with Crippen LogP contribution in [0, 0.1) is 20.8 Å². The first-order valence-electron chi connectivity index (χ1n) is 9.16. The van der Waals surface area contributed by atoms with Gasteiger partial charge in [0.1, 0.15) is 5.03 Å². The lowest BCUT2D eigenvalue weighted by atomic mass is 9.99. The van der Waals surface area contributed by atoms with E-state index in [-0.39, 0.29) is 11.4 Å². The number of anilines is 1. The van der Waals surface area contributed by atoms with Crippen molar-refractivity contribution in [1.82, 2.24) is 10.2 Å². The van der Waals surface area contributed by atoms with Crippen molar-refractivity contribution in [2.75, 3.05) is 11.1 Å². The monoisotopic (exact) mass is 431 g/mol. The molecule has 2 aromatic carbocycles. The van der Waals surface area contributed by atoms with Crippen LogP contribution < -0.4 is 5.32 Å². The number of alkyl halides is 3. The van der Waals surface area contributed by atoms with Gasteiger partial charge in [-0.1, -0.05) is 30.0 Å². The average Bonchev–Trinajstić information content (AvgIpc) is 2.69. The zero-order chi connectivity index (χ0) is 21.9. The van der Waals surface area contributed by atoms with Crippen LogP contribution in [0.5, 0.6) is 0 Å². The fraction of sp³-hybridized carbons (Fsp3) is 0.227. The molecular weight excluding hydrogens is 411 g/mol. The maximum Gasteiger partial charge on any atom is 0.418 e. The Morgan fingerprint density at radius 1 is 0.967 bits per heavy atom. The van der Waals surface area contributed by atoms with Gasteiger partial charge in [0.25, 0.3) is 0 Å². The van der Waals surface area contributed by atoms with Crippen molar-refractivity contribution in [3.05, 3.63) is 70.8 Å². The second-order valence-corrected chi connectivity index (χ2v) is 7.88. The number of thioether (sulfide) groups is 1. The Kier molecular flexibility index (Phi) is 6.45. The SMILES string of the molecule is Cc1cc(C)c(-c2ccc(SCC(=O)Nc3ccccc3C(F)(F)F)nn2)cc1C. The van der Waals surface area contributed by atoms with E-state index >= 15 is 0 Å². The summed E-state index contributed by atoms with van der Waals surface area (Å²) in [5.74, 6) is -0.629. The number of benzene rings is 2. The molecule has 0 atom stereocenters. The van der Waals surface area contributed by atoms with Crippen molar-refractivity contribution in [3.63, 3.8) is 0 Å². The number of hydrogen-bond acceptors (Lipinski definition) is 4. The summed E-state index contributed by atoms with van der Waals surface area (Å²) in [6, 6.07) is 12.6. The maximum absolute atomic E-state index is 13.0. The van der Waals surface area contributed by atoms with Crippen LogP contribution in [0.3, 0.4) is 0 Å².